The summed E-state index contributed by atoms with van der Waals surface area (Å²) in [6, 6.07) is 8.46. The molecule has 6 nitrogen and oxygen atoms in total. The van der Waals surface area contributed by atoms with E-state index in [4.69, 9.17) is 17.3 Å². The van der Waals surface area contributed by atoms with Crippen LogP contribution in [0.3, 0.4) is 0 Å². The van der Waals surface area contributed by atoms with E-state index in [1.54, 1.807) is 18.2 Å². The Hall–Kier alpha value is -2.09. The smallest absolute Gasteiger partial charge is 0.317 e. The minimum Gasteiger partial charge on any atom is -0.351 e. The van der Waals surface area contributed by atoms with E-state index in [-0.39, 0.29) is 11.9 Å². The minimum atomic E-state index is -0.696. The van der Waals surface area contributed by atoms with Gasteiger partial charge < -0.3 is 16.4 Å². The number of nitrogens with two attached hydrogens (primary N) is 1. The molecule has 1 aromatic heterocycles. The van der Waals surface area contributed by atoms with Gasteiger partial charge in [0.1, 0.15) is 5.00 Å². The number of carbonyl (C=O) groups excluding carboxylic acids is 2. The van der Waals surface area contributed by atoms with E-state index in [0.717, 1.165) is 36.4 Å². The zero-order chi connectivity index (χ0) is 17.8. The number of nitrogens with one attached hydrogen (secondary N) is 3. The predicted molar refractivity (Wildman–Crippen MR) is 101 cm³/mol. The third-order valence-corrected chi connectivity index (χ3v) is 5.33. The third kappa shape index (κ3) is 4.50. The van der Waals surface area contributed by atoms with E-state index in [1.165, 1.54) is 11.3 Å². The van der Waals surface area contributed by atoms with Crippen molar-refractivity contribution in [2.45, 2.75) is 18.9 Å². The van der Waals surface area contributed by atoms with Gasteiger partial charge in [0.25, 0.3) is 5.91 Å². The lowest BCUT2D eigenvalue weighted by Crippen LogP contribution is -2.45. The van der Waals surface area contributed by atoms with Crippen LogP contribution in [-0.4, -0.2) is 31.1 Å². The number of halogens is 1. The van der Waals surface area contributed by atoms with Crippen LogP contribution in [0.15, 0.2) is 30.3 Å². The Kier molecular flexibility index (Phi) is 5.57. The van der Waals surface area contributed by atoms with Crippen molar-refractivity contribution < 1.29 is 9.59 Å². The van der Waals surface area contributed by atoms with Crippen molar-refractivity contribution in [2.75, 3.05) is 18.4 Å². The summed E-state index contributed by atoms with van der Waals surface area (Å²) >= 11 is 7.23. The Morgan fingerprint density at radius 2 is 2.04 bits per heavy atom. The van der Waals surface area contributed by atoms with Gasteiger partial charge >= 0.3 is 6.03 Å². The fourth-order valence-electron chi connectivity index (χ4n) is 2.76. The lowest BCUT2D eigenvalue weighted by molar-refractivity contribution is 0.0932. The molecule has 1 fully saturated rings. The average molecular weight is 379 g/mol. The van der Waals surface area contributed by atoms with Gasteiger partial charge in [0.15, 0.2) is 0 Å². The first kappa shape index (κ1) is 17.7. The summed E-state index contributed by atoms with van der Waals surface area (Å²) in [5, 5.41) is 9.90. The van der Waals surface area contributed by atoms with Gasteiger partial charge in [-0.3, -0.25) is 10.1 Å². The number of hydrogen-bond acceptors (Lipinski definition) is 4. The summed E-state index contributed by atoms with van der Waals surface area (Å²) in [6.45, 7) is 1.72. The first-order chi connectivity index (χ1) is 12.0. The molecule has 1 saturated heterocycles. The zero-order valence-electron chi connectivity index (χ0n) is 13.5. The van der Waals surface area contributed by atoms with Gasteiger partial charge in [0.05, 0.1) is 5.56 Å². The Labute approximate surface area is 154 Å². The highest BCUT2D eigenvalue weighted by molar-refractivity contribution is 7.20. The predicted octanol–water partition coefficient (Wildman–Crippen LogP) is 3.04. The minimum absolute atomic E-state index is 0.0848. The molecular weight excluding hydrogens is 360 g/mol. The number of anilines is 1. The summed E-state index contributed by atoms with van der Waals surface area (Å²) in [4.78, 5) is 24.8. The number of benzene rings is 1. The maximum absolute atomic E-state index is 12.7. The number of hydrogen-bond donors (Lipinski definition) is 4. The second-order valence-corrected chi connectivity index (χ2v) is 7.35. The van der Waals surface area contributed by atoms with Gasteiger partial charge in [-0.2, -0.15) is 0 Å². The first-order valence-corrected chi connectivity index (χ1v) is 9.20. The second-order valence-electron chi connectivity index (χ2n) is 5.87. The second kappa shape index (κ2) is 7.86. The van der Waals surface area contributed by atoms with Crippen LogP contribution in [0, 0.1) is 0 Å². The van der Waals surface area contributed by atoms with E-state index in [1.807, 2.05) is 12.1 Å². The molecule has 0 radical (unpaired) electrons. The molecule has 1 aromatic carbocycles. The molecule has 1 aliphatic rings. The molecule has 5 N–H and O–H groups in total. The highest BCUT2D eigenvalue weighted by Crippen LogP contribution is 2.36. The number of urea groups is 1. The Morgan fingerprint density at radius 1 is 1.28 bits per heavy atom. The number of piperidine rings is 1. The fourth-order valence-corrected chi connectivity index (χ4v) is 3.95. The van der Waals surface area contributed by atoms with Crippen molar-refractivity contribution >= 4 is 39.9 Å². The first-order valence-electron chi connectivity index (χ1n) is 8.01. The molecule has 8 heteroatoms. The molecule has 0 saturated carbocycles. The number of thiophene rings is 1. The largest absolute Gasteiger partial charge is 0.351 e. The molecule has 1 unspecified atom stereocenters. The SMILES string of the molecule is NC(=O)Nc1sc(-c2ccc(Cl)cc2)cc1C(=O)NC1CCCNC1. The van der Waals surface area contributed by atoms with Crippen molar-refractivity contribution in [3.63, 3.8) is 0 Å². The average Bonchev–Trinajstić information content (AvgIpc) is 2.99. The van der Waals surface area contributed by atoms with Crippen LogP contribution >= 0.6 is 22.9 Å². The van der Waals surface area contributed by atoms with Gasteiger partial charge in [-0.25, -0.2) is 4.79 Å². The topological polar surface area (TPSA) is 96.2 Å². The normalized spacial score (nSPS) is 17.1. The van der Waals surface area contributed by atoms with Crippen LogP contribution in [0.1, 0.15) is 23.2 Å². The van der Waals surface area contributed by atoms with Crippen LogP contribution in [0.4, 0.5) is 9.80 Å². The number of amides is 3. The molecule has 25 heavy (non-hydrogen) atoms. The van der Waals surface area contributed by atoms with Gasteiger partial charge in [-0.05, 0) is 43.1 Å². The van der Waals surface area contributed by atoms with Crippen LogP contribution in [0.5, 0.6) is 0 Å². The van der Waals surface area contributed by atoms with Crippen LogP contribution < -0.4 is 21.7 Å². The lowest BCUT2D eigenvalue weighted by atomic mass is 10.1. The van der Waals surface area contributed by atoms with Crippen LogP contribution in [0.2, 0.25) is 5.02 Å². The summed E-state index contributed by atoms with van der Waals surface area (Å²) in [6.07, 6.45) is 1.96. The summed E-state index contributed by atoms with van der Waals surface area (Å²) in [7, 11) is 0. The Morgan fingerprint density at radius 3 is 2.68 bits per heavy atom. The zero-order valence-corrected chi connectivity index (χ0v) is 15.0. The van der Waals surface area contributed by atoms with Gasteiger partial charge in [-0.15, -0.1) is 11.3 Å². The van der Waals surface area contributed by atoms with Gasteiger partial charge in [0.2, 0.25) is 0 Å². The van der Waals surface area contributed by atoms with Crippen molar-refractivity contribution in [3.05, 3.63) is 40.9 Å². The molecule has 0 bridgehead atoms. The maximum atomic E-state index is 12.7. The van der Waals surface area contributed by atoms with E-state index in [0.29, 0.717) is 15.6 Å². The van der Waals surface area contributed by atoms with E-state index >= 15 is 0 Å². The highest BCUT2D eigenvalue weighted by Gasteiger charge is 2.21. The van der Waals surface area contributed by atoms with Crippen LogP contribution in [0.25, 0.3) is 10.4 Å². The standard InChI is InChI=1S/C17H19ClN4O2S/c18-11-5-3-10(4-6-11)14-8-13(16(25-14)22-17(19)24)15(23)21-12-2-1-7-20-9-12/h3-6,8,12,20H,1-2,7,9H2,(H,21,23)(H3,19,22,24). The summed E-state index contributed by atoms with van der Waals surface area (Å²) < 4.78 is 0. The highest BCUT2D eigenvalue weighted by atomic mass is 35.5. The number of primary amides is 1. The molecule has 2 aromatic rings. The maximum Gasteiger partial charge on any atom is 0.317 e. The molecule has 132 valence electrons. The van der Waals surface area contributed by atoms with Crippen molar-refractivity contribution in [3.8, 4) is 10.4 Å². The Balaban J connectivity index is 1.86. The fraction of sp³-hybridized carbons (Fsp3) is 0.294. The third-order valence-electron chi connectivity index (χ3n) is 3.97. The van der Waals surface area contributed by atoms with Crippen molar-refractivity contribution in [1.29, 1.82) is 0 Å². The summed E-state index contributed by atoms with van der Waals surface area (Å²) in [5.41, 5.74) is 6.58. The van der Waals surface area contributed by atoms with E-state index in [2.05, 4.69) is 16.0 Å². The van der Waals surface area contributed by atoms with Crippen molar-refractivity contribution in [1.82, 2.24) is 10.6 Å². The molecule has 0 spiro atoms. The van der Waals surface area contributed by atoms with Crippen molar-refractivity contribution in [2.24, 2.45) is 5.73 Å². The molecule has 3 amide bonds. The van der Waals surface area contributed by atoms with E-state index in [9.17, 15) is 9.59 Å². The monoisotopic (exact) mass is 378 g/mol. The lowest BCUT2D eigenvalue weighted by Gasteiger charge is -2.23. The Bertz CT molecular complexity index is 769. The number of carbonyl (C=O) groups is 2. The van der Waals surface area contributed by atoms with E-state index < -0.39 is 6.03 Å². The molecule has 1 atom stereocenters. The van der Waals surface area contributed by atoms with Gasteiger partial charge in [-0.1, -0.05) is 23.7 Å². The molecule has 2 heterocycles. The molecule has 1 aliphatic heterocycles. The number of rotatable bonds is 4. The molecule has 3 rings (SSSR count). The van der Waals surface area contributed by atoms with Crippen LogP contribution in [-0.2, 0) is 0 Å². The quantitative estimate of drug-likeness (QED) is 0.658. The van der Waals surface area contributed by atoms with Gasteiger partial charge in [0, 0.05) is 22.5 Å². The molecular formula is C17H19ClN4O2S. The molecule has 0 aliphatic carbocycles. The summed E-state index contributed by atoms with van der Waals surface area (Å²) in [5.74, 6) is -0.214.